The van der Waals surface area contributed by atoms with E-state index in [0.29, 0.717) is 11.4 Å². The smallest absolute Gasteiger partial charge is 0.255 e. The lowest BCUT2D eigenvalue weighted by Crippen LogP contribution is -2.17. The summed E-state index contributed by atoms with van der Waals surface area (Å²) in [6.07, 6.45) is 4.29. The Morgan fingerprint density at radius 3 is 2.50 bits per heavy atom. The van der Waals surface area contributed by atoms with Crippen molar-refractivity contribution in [1.29, 1.82) is 0 Å². The minimum atomic E-state index is -0.157. The molecular weight excluding hydrogens is 352 g/mol. The summed E-state index contributed by atoms with van der Waals surface area (Å²) in [5.74, 6) is 0.150. The van der Waals surface area contributed by atoms with Crippen LogP contribution in [0.1, 0.15) is 36.7 Å². The lowest BCUT2D eigenvalue weighted by atomic mass is 10.1. The van der Waals surface area contributed by atoms with Gasteiger partial charge in [-0.15, -0.1) is 0 Å². The second-order valence-electron chi connectivity index (χ2n) is 6.87. The van der Waals surface area contributed by atoms with Crippen LogP contribution in [-0.4, -0.2) is 21.4 Å². The van der Waals surface area contributed by atoms with Gasteiger partial charge in [0.1, 0.15) is 6.33 Å². The van der Waals surface area contributed by atoms with Gasteiger partial charge in [0.2, 0.25) is 5.91 Å². The van der Waals surface area contributed by atoms with E-state index in [1.807, 2.05) is 50.2 Å². The molecule has 2 N–H and O–H groups in total. The Hall–Kier alpha value is -3.41. The van der Waals surface area contributed by atoms with Gasteiger partial charge in [-0.2, -0.15) is 0 Å². The fourth-order valence-corrected chi connectivity index (χ4v) is 2.66. The highest BCUT2D eigenvalue weighted by atomic mass is 16.2. The Bertz CT molecular complexity index is 974. The van der Waals surface area contributed by atoms with E-state index >= 15 is 0 Å². The number of hydrogen-bond acceptors (Lipinski definition) is 3. The van der Waals surface area contributed by atoms with Gasteiger partial charge in [-0.25, -0.2) is 4.98 Å². The lowest BCUT2D eigenvalue weighted by molar-refractivity contribution is -0.118. The first-order chi connectivity index (χ1) is 13.5. The fraction of sp³-hybridized carbons (Fsp3) is 0.227. The number of benzene rings is 2. The Balaban J connectivity index is 1.68. The second kappa shape index (κ2) is 8.52. The van der Waals surface area contributed by atoms with Crippen molar-refractivity contribution in [1.82, 2.24) is 9.55 Å². The summed E-state index contributed by atoms with van der Waals surface area (Å²) >= 11 is 0. The quantitative estimate of drug-likeness (QED) is 0.674. The number of amides is 2. The third-order valence-corrected chi connectivity index (χ3v) is 4.38. The summed E-state index contributed by atoms with van der Waals surface area (Å²) in [6, 6.07) is 15.0. The Morgan fingerprint density at radius 1 is 1.07 bits per heavy atom. The molecule has 3 rings (SSSR count). The van der Waals surface area contributed by atoms with Crippen LogP contribution >= 0.6 is 0 Å². The van der Waals surface area contributed by atoms with E-state index < -0.39 is 0 Å². The maximum Gasteiger partial charge on any atom is 0.255 e. The number of rotatable bonds is 6. The second-order valence-corrected chi connectivity index (χ2v) is 6.87. The zero-order valence-electron chi connectivity index (χ0n) is 16.3. The minimum Gasteiger partial charge on any atom is -0.322 e. The van der Waals surface area contributed by atoms with Crippen LogP contribution in [0.25, 0.3) is 5.69 Å². The van der Waals surface area contributed by atoms with Crippen molar-refractivity contribution in [2.24, 2.45) is 5.92 Å². The zero-order valence-corrected chi connectivity index (χ0v) is 16.3. The molecule has 144 valence electrons. The molecule has 0 aliphatic rings. The molecule has 6 nitrogen and oxygen atoms in total. The van der Waals surface area contributed by atoms with Crippen LogP contribution in [0, 0.1) is 5.92 Å². The molecule has 0 fully saturated rings. The maximum absolute atomic E-state index is 12.5. The van der Waals surface area contributed by atoms with E-state index in [-0.39, 0.29) is 17.7 Å². The van der Waals surface area contributed by atoms with E-state index in [1.165, 1.54) is 5.56 Å². The molecular formula is C22H24N4O2. The number of carbonyl (C=O) groups is 2. The van der Waals surface area contributed by atoms with Crippen LogP contribution in [0.15, 0.2) is 61.1 Å². The summed E-state index contributed by atoms with van der Waals surface area (Å²) in [4.78, 5) is 28.4. The van der Waals surface area contributed by atoms with Crippen molar-refractivity contribution in [2.75, 3.05) is 10.6 Å². The highest BCUT2D eigenvalue weighted by Crippen LogP contribution is 2.16. The minimum absolute atomic E-state index is 0.0792. The van der Waals surface area contributed by atoms with Gasteiger partial charge >= 0.3 is 0 Å². The zero-order chi connectivity index (χ0) is 20.1. The predicted octanol–water partition coefficient (Wildman–Crippen LogP) is 4.28. The van der Waals surface area contributed by atoms with Gasteiger partial charge in [0, 0.05) is 22.9 Å². The third-order valence-electron chi connectivity index (χ3n) is 4.38. The average Bonchev–Trinajstić information content (AvgIpc) is 3.16. The van der Waals surface area contributed by atoms with Gasteiger partial charge in [-0.3, -0.25) is 9.59 Å². The molecule has 0 aliphatic carbocycles. The van der Waals surface area contributed by atoms with Crippen molar-refractivity contribution in [3.8, 4) is 5.69 Å². The summed E-state index contributed by atoms with van der Waals surface area (Å²) in [5.41, 5.74) is 3.38. The SMILES string of the molecule is CCc1cccc(NC(=O)c2ccc(-n3cnc(NC(=O)C(C)C)c3)cc2)c1. The predicted molar refractivity (Wildman–Crippen MR) is 111 cm³/mol. The van der Waals surface area contributed by atoms with Crippen molar-refractivity contribution < 1.29 is 9.59 Å². The fourth-order valence-electron chi connectivity index (χ4n) is 2.66. The number of aromatic nitrogens is 2. The van der Waals surface area contributed by atoms with Crippen LogP contribution in [-0.2, 0) is 11.2 Å². The molecule has 0 atom stereocenters. The van der Waals surface area contributed by atoms with Gasteiger partial charge < -0.3 is 15.2 Å². The average molecular weight is 376 g/mol. The third kappa shape index (κ3) is 4.65. The molecule has 0 unspecified atom stereocenters. The summed E-state index contributed by atoms with van der Waals surface area (Å²) in [7, 11) is 0. The van der Waals surface area contributed by atoms with Crippen molar-refractivity contribution in [3.63, 3.8) is 0 Å². The molecule has 3 aromatic rings. The Morgan fingerprint density at radius 2 is 1.82 bits per heavy atom. The number of carbonyl (C=O) groups excluding carboxylic acids is 2. The van der Waals surface area contributed by atoms with Crippen LogP contribution in [0.3, 0.4) is 0 Å². The van der Waals surface area contributed by atoms with Gasteiger partial charge in [-0.05, 0) is 48.4 Å². The standard InChI is InChI=1S/C22H24N4O2/c1-4-16-6-5-7-18(12-16)24-22(28)17-8-10-19(11-9-17)26-13-20(23-14-26)25-21(27)15(2)3/h5-15H,4H2,1-3H3,(H,24,28)(H,25,27). The molecule has 0 radical (unpaired) electrons. The van der Waals surface area contributed by atoms with Gasteiger partial charge in [0.25, 0.3) is 5.91 Å². The molecule has 0 spiro atoms. The molecule has 6 heteroatoms. The van der Waals surface area contributed by atoms with Gasteiger partial charge in [0.05, 0.1) is 6.20 Å². The number of nitrogens with zero attached hydrogens (tertiary/aromatic N) is 2. The van der Waals surface area contributed by atoms with Crippen molar-refractivity contribution in [2.45, 2.75) is 27.2 Å². The number of nitrogens with one attached hydrogen (secondary N) is 2. The van der Waals surface area contributed by atoms with Crippen molar-refractivity contribution >= 4 is 23.3 Å². The van der Waals surface area contributed by atoms with Crippen LogP contribution < -0.4 is 10.6 Å². The largest absolute Gasteiger partial charge is 0.322 e. The van der Waals surface area contributed by atoms with E-state index in [4.69, 9.17) is 0 Å². The lowest BCUT2D eigenvalue weighted by Gasteiger charge is -2.08. The molecule has 1 heterocycles. The first-order valence-electron chi connectivity index (χ1n) is 9.32. The van der Waals surface area contributed by atoms with Crippen LogP contribution in [0.5, 0.6) is 0 Å². The number of anilines is 2. The topological polar surface area (TPSA) is 76.0 Å². The van der Waals surface area contributed by atoms with Crippen LogP contribution in [0.4, 0.5) is 11.5 Å². The van der Waals surface area contributed by atoms with E-state index in [1.54, 1.807) is 29.2 Å². The summed E-state index contributed by atoms with van der Waals surface area (Å²) in [6.45, 7) is 5.73. The number of imidazole rings is 1. The first-order valence-corrected chi connectivity index (χ1v) is 9.32. The molecule has 2 amide bonds. The highest BCUT2D eigenvalue weighted by molar-refractivity contribution is 6.04. The summed E-state index contributed by atoms with van der Waals surface area (Å²) < 4.78 is 1.79. The van der Waals surface area contributed by atoms with E-state index in [2.05, 4.69) is 22.5 Å². The maximum atomic E-state index is 12.5. The Kier molecular flexibility index (Phi) is 5.89. The van der Waals surface area contributed by atoms with Crippen LogP contribution in [0.2, 0.25) is 0 Å². The van der Waals surface area contributed by atoms with Gasteiger partial charge in [-0.1, -0.05) is 32.9 Å². The molecule has 2 aromatic carbocycles. The van der Waals surface area contributed by atoms with Crippen molar-refractivity contribution in [3.05, 3.63) is 72.2 Å². The molecule has 0 bridgehead atoms. The molecule has 0 aliphatic heterocycles. The van der Waals surface area contributed by atoms with Gasteiger partial charge in [0.15, 0.2) is 5.82 Å². The molecule has 1 aromatic heterocycles. The highest BCUT2D eigenvalue weighted by Gasteiger charge is 2.10. The molecule has 0 saturated carbocycles. The number of hydrogen-bond donors (Lipinski definition) is 2. The van der Waals surface area contributed by atoms with E-state index in [0.717, 1.165) is 17.8 Å². The molecule has 0 saturated heterocycles. The Labute approximate surface area is 164 Å². The summed E-state index contributed by atoms with van der Waals surface area (Å²) in [5, 5.41) is 5.69. The van der Waals surface area contributed by atoms with E-state index in [9.17, 15) is 9.59 Å². The molecule has 28 heavy (non-hydrogen) atoms. The first kappa shape index (κ1) is 19.4. The monoisotopic (exact) mass is 376 g/mol. The number of aryl methyl sites for hydroxylation is 1. The normalized spacial score (nSPS) is 10.7.